The van der Waals surface area contributed by atoms with E-state index in [1.807, 2.05) is 0 Å². The van der Waals surface area contributed by atoms with Crippen molar-refractivity contribution in [3.05, 3.63) is 62.2 Å². The van der Waals surface area contributed by atoms with Crippen LogP contribution in [0.4, 0.5) is 0 Å². The summed E-state index contributed by atoms with van der Waals surface area (Å²) in [5.41, 5.74) is 11.2. The lowest BCUT2D eigenvalue weighted by Gasteiger charge is -2.22. The monoisotopic (exact) mass is 340 g/mol. The van der Waals surface area contributed by atoms with Crippen molar-refractivity contribution in [3.63, 3.8) is 0 Å². The summed E-state index contributed by atoms with van der Waals surface area (Å²) in [5, 5.41) is 0. The van der Waals surface area contributed by atoms with Gasteiger partial charge in [-0.3, -0.25) is 0 Å². The minimum absolute atomic E-state index is 1.14. The molecule has 1 heteroatoms. The van der Waals surface area contributed by atoms with E-state index in [4.69, 9.17) is 0 Å². The van der Waals surface area contributed by atoms with E-state index < -0.39 is 0 Å². The van der Waals surface area contributed by atoms with Crippen molar-refractivity contribution >= 4 is 21.5 Å². The predicted molar refractivity (Wildman–Crippen MR) is 93.5 cm³/mol. The lowest BCUT2D eigenvalue weighted by molar-refractivity contribution is 0.677. The minimum Gasteiger partial charge on any atom is -0.0804 e. The summed E-state index contributed by atoms with van der Waals surface area (Å²) >= 11 is 3.85. The van der Waals surface area contributed by atoms with Crippen LogP contribution in [0.25, 0.3) is 5.57 Å². The lowest BCUT2D eigenvalue weighted by atomic mass is 9.85. The van der Waals surface area contributed by atoms with E-state index in [1.54, 1.807) is 33.4 Å². The van der Waals surface area contributed by atoms with Gasteiger partial charge in [0.25, 0.3) is 0 Å². The first-order chi connectivity index (χ1) is 10.2. The van der Waals surface area contributed by atoms with Gasteiger partial charge in [0.15, 0.2) is 0 Å². The smallest absolute Gasteiger partial charge is 0.0216 e. The van der Waals surface area contributed by atoms with Gasteiger partial charge in [0, 0.05) is 4.47 Å². The van der Waals surface area contributed by atoms with Crippen molar-refractivity contribution in [1.82, 2.24) is 0 Å². The third kappa shape index (κ3) is 2.26. The molecule has 0 N–H and O–H groups in total. The van der Waals surface area contributed by atoms with Gasteiger partial charge in [-0.25, -0.2) is 0 Å². The first-order valence-corrected chi connectivity index (χ1v) is 8.90. The Kier molecular flexibility index (Phi) is 3.41. The molecule has 1 aromatic rings. The number of hydrogen-bond acceptors (Lipinski definition) is 0. The maximum atomic E-state index is 3.85. The molecule has 3 aliphatic carbocycles. The largest absolute Gasteiger partial charge is 0.0804 e. The number of fused-ring (bicyclic) bond motifs is 3. The zero-order valence-electron chi connectivity index (χ0n) is 12.6. The molecule has 0 amide bonds. The molecular formula is C20H21Br. The first kappa shape index (κ1) is 13.6. The van der Waals surface area contributed by atoms with Crippen molar-refractivity contribution in [1.29, 1.82) is 0 Å². The number of hydrogen-bond donors (Lipinski definition) is 0. The minimum atomic E-state index is 1.14. The van der Waals surface area contributed by atoms with Crippen molar-refractivity contribution in [3.8, 4) is 0 Å². The molecule has 0 fully saturated rings. The van der Waals surface area contributed by atoms with Crippen LogP contribution >= 0.6 is 15.9 Å². The average Bonchev–Trinajstić information content (AvgIpc) is 3.10. The molecule has 0 aromatic heterocycles. The van der Waals surface area contributed by atoms with Crippen molar-refractivity contribution in [2.75, 3.05) is 0 Å². The van der Waals surface area contributed by atoms with E-state index >= 15 is 0 Å². The van der Waals surface area contributed by atoms with Crippen molar-refractivity contribution in [2.45, 2.75) is 51.9 Å². The Morgan fingerprint density at radius 3 is 2.67 bits per heavy atom. The normalized spacial score (nSPS) is 19.8. The summed E-state index contributed by atoms with van der Waals surface area (Å²) in [4.78, 5) is 0. The Balaban J connectivity index is 1.77. The van der Waals surface area contributed by atoms with Gasteiger partial charge in [0.2, 0.25) is 0 Å². The van der Waals surface area contributed by atoms with E-state index in [1.165, 1.54) is 42.1 Å². The van der Waals surface area contributed by atoms with E-state index in [0.29, 0.717) is 0 Å². The van der Waals surface area contributed by atoms with E-state index in [2.05, 4.69) is 47.1 Å². The number of allylic oxidation sites excluding steroid dienone is 6. The molecule has 3 aliphatic rings. The molecule has 21 heavy (non-hydrogen) atoms. The quantitative estimate of drug-likeness (QED) is 0.625. The SMILES string of the molecule is CC1=C(CC2=CC=CC2)c2cc(Br)c3c(c2C1)CCCC3. The second-order valence-corrected chi connectivity index (χ2v) is 7.47. The summed E-state index contributed by atoms with van der Waals surface area (Å²) in [6, 6.07) is 2.41. The summed E-state index contributed by atoms with van der Waals surface area (Å²) in [5.74, 6) is 0. The van der Waals surface area contributed by atoms with Gasteiger partial charge in [0.1, 0.15) is 0 Å². The Morgan fingerprint density at radius 2 is 1.90 bits per heavy atom. The summed E-state index contributed by atoms with van der Waals surface area (Å²) in [6.07, 6.45) is 15.5. The van der Waals surface area contributed by atoms with Crippen LogP contribution < -0.4 is 0 Å². The highest BCUT2D eigenvalue weighted by Crippen LogP contribution is 2.44. The Labute approximate surface area is 135 Å². The molecule has 108 valence electrons. The van der Waals surface area contributed by atoms with E-state index in [0.717, 1.165) is 12.8 Å². The molecule has 0 saturated carbocycles. The standard InChI is InChI=1S/C20H21Br/c1-13-10-18-15-8-4-5-9-16(15)20(21)12-19(18)17(13)11-14-6-2-3-7-14/h2-3,6,12H,4-5,7-11H2,1H3. The van der Waals surface area contributed by atoms with Gasteiger partial charge in [0.05, 0.1) is 0 Å². The molecular weight excluding hydrogens is 320 g/mol. The molecule has 0 heterocycles. The summed E-state index contributed by atoms with van der Waals surface area (Å²) in [6.45, 7) is 2.33. The molecule has 1 aromatic carbocycles. The van der Waals surface area contributed by atoms with E-state index in [9.17, 15) is 0 Å². The molecule has 0 saturated heterocycles. The number of rotatable bonds is 2. The topological polar surface area (TPSA) is 0 Å². The molecule has 0 unspecified atom stereocenters. The maximum absolute atomic E-state index is 3.85. The van der Waals surface area contributed by atoms with Crippen LogP contribution in [-0.4, -0.2) is 0 Å². The highest BCUT2D eigenvalue weighted by Gasteiger charge is 2.26. The van der Waals surface area contributed by atoms with Gasteiger partial charge in [-0.05, 0) is 85.8 Å². The fourth-order valence-electron chi connectivity index (χ4n) is 4.13. The van der Waals surface area contributed by atoms with Crippen LogP contribution in [0.2, 0.25) is 0 Å². The molecule has 0 bridgehead atoms. The van der Waals surface area contributed by atoms with Crippen LogP contribution in [0, 0.1) is 0 Å². The predicted octanol–water partition coefficient (Wildman–Crippen LogP) is 5.93. The highest BCUT2D eigenvalue weighted by molar-refractivity contribution is 9.10. The molecule has 0 atom stereocenters. The zero-order chi connectivity index (χ0) is 14.4. The van der Waals surface area contributed by atoms with Gasteiger partial charge < -0.3 is 0 Å². The number of benzene rings is 1. The van der Waals surface area contributed by atoms with Gasteiger partial charge >= 0.3 is 0 Å². The van der Waals surface area contributed by atoms with Crippen LogP contribution in [0.3, 0.4) is 0 Å². The second-order valence-electron chi connectivity index (χ2n) is 6.62. The Hall–Kier alpha value is -1.08. The van der Waals surface area contributed by atoms with Crippen LogP contribution in [0.1, 0.15) is 54.9 Å². The fourth-order valence-corrected chi connectivity index (χ4v) is 4.80. The zero-order valence-corrected chi connectivity index (χ0v) is 14.2. The molecule has 4 rings (SSSR count). The molecule has 0 radical (unpaired) electrons. The summed E-state index contributed by atoms with van der Waals surface area (Å²) < 4.78 is 1.35. The van der Waals surface area contributed by atoms with Crippen molar-refractivity contribution < 1.29 is 0 Å². The average molecular weight is 341 g/mol. The first-order valence-electron chi connectivity index (χ1n) is 8.10. The number of halogens is 1. The highest BCUT2D eigenvalue weighted by atomic mass is 79.9. The van der Waals surface area contributed by atoms with E-state index in [-0.39, 0.29) is 0 Å². The van der Waals surface area contributed by atoms with Crippen LogP contribution in [0.5, 0.6) is 0 Å². The Bertz CT molecular complexity index is 701. The second kappa shape index (κ2) is 5.28. The third-order valence-corrected chi connectivity index (χ3v) is 5.96. The Morgan fingerprint density at radius 1 is 1.10 bits per heavy atom. The molecule has 0 spiro atoms. The van der Waals surface area contributed by atoms with Crippen LogP contribution in [-0.2, 0) is 19.3 Å². The summed E-state index contributed by atoms with van der Waals surface area (Å²) in [7, 11) is 0. The fraction of sp³-hybridized carbons (Fsp3) is 0.400. The van der Waals surface area contributed by atoms with Gasteiger partial charge in [-0.15, -0.1) is 0 Å². The van der Waals surface area contributed by atoms with Crippen molar-refractivity contribution in [2.24, 2.45) is 0 Å². The van der Waals surface area contributed by atoms with Gasteiger partial charge in [-0.2, -0.15) is 0 Å². The maximum Gasteiger partial charge on any atom is 0.0216 e. The van der Waals surface area contributed by atoms with Crippen LogP contribution in [0.15, 0.2) is 39.9 Å². The van der Waals surface area contributed by atoms with Gasteiger partial charge in [-0.1, -0.05) is 45.3 Å². The molecule has 0 aliphatic heterocycles. The lowest BCUT2D eigenvalue weighted by Crippen LogP contribution is -2.08. The third-order valence-electron chi connectivity index (χ3n) is 5.25. The molecule has 0 nitrogen and oxygen atoms in total.